The van der Waals surface area contributed by atoms with Gasteiger partial charge in [-0.3, -0.25) is 4.79 Å². The quantitative estimate of drug-likeness (QED) is 0.326. The summed E-state index contributed by atoms with van der Waals surface area (Å²) in [5.74, 6) is -0.890. The minimum absolute atomic E-state index is 0. The van der Waals surface area contributed by atoms with E-state index in [2.05, 4.69) is 9.80 Å². The molecule has 0 aliphatic carbocycles. The molecule has 34 heavy (non-hydrogen) atoms. The second-order valence-electron chi connectivity index (χ2n) is 8.43. The van der Waals surface area contributed by atoms with E-state index in [0.29, 0.717) is 12.0 Å². The number of likely N-dealkylation sites (tertiary alicyclic amines) is 1. The lowest BCUT2D eigenvalue weighted by Crippen LogP contribution is -2.43. The number of hydrogen-bond acceptors (Lipinski definition) is 3. The van der Waals surface area contributed by atoms with Crippen molar-refractivity contribution in [2.24, 2.45) is 0 Å². The number of rotatable bonds is 8. The maximum atomic E-state index is 13.5. The molecule has 1 heterocycles. The fourth-order valence-corrected chi connectivity index (χ4v) is 4.42. The van der Waals surface area contributed by atoms with E-state index in [1.165, 1.54) is 48.5 Å². The van der Waals surface area contributed by atoms with Crippen LogP contribution in [0.2, 0.25) is 0 Å². The van der Waals surface area contributed by atoms with Crippen LogP contribution in [-0.2, 0) is 0 Å². The van der Waals surface area contributed by atoms with Crippen LogP contribution in [0.4, 0.5) is 24.5 Å². The Morgan fingerprint density at radius 1 is 0.765 bits per heavy atom. The van der Waals surface area contributed by atoms with Crippen LogP contribution in [0.25, 0.3) is 0 Å². The van der Waals surface area contributed by atoms with Gasteiger partial charge in [0, 0.05) is 42.5 Å². The minimum Gasteiger partial charge on any atom is -0.338 e. The summed E-state index contributed by atoms with van der Waals surface area (Å²) in [6.07, 6.45) is 2.99. The van der Waals surface area contributed by atoms with Gasteiger partial charge in [0.1, 0.15) is 17.5 Å². The van der Waals surface area contributed by atoms with Crippen LogP contribution in [-0.4, -0.2) is 36.4 Å². The molecule has 0 radical (unpaired) electrons. The molecule has 1 aliphatic rings. The molecule has 4 rings (SSSR count). The van der Waals surface area contributed by atoms with Crippen molar-refractivity contribution in [2.45, 2.75) is 31.7 Å². The van der Waals surface area contributed by atoms with E-state index in [9.17, 15) is 18.0 Å². The molecule has 1 aliphatic heterocycles. The molecular formula is C27H28ClF3N2O. The van der Waals surface area contributed by atoms with Gasteiger partial charge in [-0.25, -0.2) is 13.2 Å². The van der Waals surface area contributed by atoms with Crippen LogP contribution in [0, 0.1) is 17.5 Å². The molecule has 0 aromatic heterocycles. The molecule has 7 heteroatoms. The zero-order chi connectivity index (χ0) is 23.2. The van der Waals surface area contributed by atoms with Gasteiger partial charge in [-0.05, 0) is 98.6 Å². The Labute approximate surface area is 204 Å². The molecule has 0 N–H and O–H groups in total. The maximum absolute atomic E-state index is 13.5. The smallest absolute Gasteiger partial charge is 0.162 e. The molecule has 0 bridgehead atoms. The normalized spacial score (nSPS) is 14.4. The van der Waals surface area contributed by atoms with Crippen molar-refractivity contribution in [1.82, 2.24) is 4.90 Å². The highest BCUT2D eigenvalue weighted by Crippen LogP contribution is 2.32. The van der Waals surface area contributed by atoms with Gasteiger partial charge in [0.15, 0.2) is 5.78 Å². The average Bonchev–Trinajstić information content (AvgIpc) is 2.83. The SMILES string of the molecule is Cl.O=C(CCCN1CCC(N(c2ccc(F)cc2)c2ccc(F)cc2)CC1)c1ccc(F)cc1. The van der Waals surface area contributed by atoms with Gasteiger partial charge in [-0.2, -0.15) is 0 Å². The Bertz CT molecular complexity index is 1010. The van der Waals surface area contributed by atoms with E-state index in [1.807, 2.05) is 0 Å². The Kier molecular flexibility index (Phi) is 9.13. The Hall–Kier alpha value is -2.83. The average molecular weight is 489 g/mol. The van der Waals surface area contributed by atoms with E-state index in [0.717, 1.165) is 50.3 Å². The number of ketones is 1. The van der Waals surface area contributed by atoms with Gasteiger partial charge in [-0.1, -0.05) is 0 Å². The van der Waals surface area contributed by atoms with Crippen molar-refractivity contribution >= 4 is 29.6 Å². The van der Waals surface area contributed by atoms with Crippen LogP contribution in [0.3, 0.4) is 0 Å². The third-order valence-electron chi connectivity index (χ3n) is 6.18. The highest BCUT2D eigenvalue weighted by Gasteiger charge is 2.26. The first kappa shape index (κ1) is 25.8. The van der Waals surface area contributed by atoms with Crippen molar-refractivity contribution in [3.05, 3.63) is 95.8 Å². The van der Waals surface area contributed by atoms with Crippen molar-refractivity contribution in [3.8, 4) is 0 Å². The van der Waals surface area contributed by atoms with Crippen LogP contribution in [0.15, 0.2) is 72.8 Å². The van der Waals surface area contributed by atoms with Crippen molar-refractivity contribution in [2.75, 3.05) is 24.5 Å². The molecule has 3 aromatic rings. The molecule has 0 unspecified atom stereocenters. The van der Waals surface area contributed by atoms with Gasteiger partial charge in [0.05, 0.1) is 0 Å². The number of carbonyl (C=O) groups excluding carboxylic acids is 1. The molecule has 3 nitrogen and oxygen atoms in total. The van der Waals surface area contributed by atoms with Crippen LogP contribution >= 0.6 is 12.4 Å². The summed E-state index contributed by atoms with van der Waals surface area (Å²) in [7, 11) is 0. The summed E-state index contributed by atoms with van der Waals surface area (Å²) in [6.45, 7) is 2.59. The number of anilines is 2. The lowest BCUT2D eigenvalue weighted by Gasteiger charge is -2.40. The zero-order valence-electron chi connectivity index (χ0n) is 18.8. The third kappa shape index (κ3) is 6.61. The largest absolute Gasteiger partial charge is 0.338 e. The Morgan fingerprint density at radius 3 is 1.68 bits per heavy atom. The molecule has 3 aromatic carbocycles. The standard InChI is InChI=1S/C27H27F3N2O.ClH/c28-21-5-3-20(4-6-21)27(33)2-1-17-31-18-15-26(16-19-31)32(24-11-7-22(29)8-12-24)25-13-9-23(30)10-14-25;/h3-14,26H,1-2,15-19H2;1H. The lowest BCUT2D eigenvalue weighted by molar-refractivity contribution is 0.0972. The first-order valence-electron chi connectivity index (χ1n) is 11.3. The van der Waals surface area contributed by atoms with Gasteiger partial charge >= 0.3 is 0 Å². The Morgan fingerprint density at radius 2 is 1.21 bits per heavy atom. The predicted molar refractivity (Wildman–Crippen MR) is 132 cm³/mol. The fourth-order valence-electron chi connectivity index (χ4n) is 4.42. The van der Waals surface area contributed by atoms with Crippen LogP contribution < -0.4 is 4.90 Å². The van der Waals surface area contributed by atoms with E-state index >= 15 is 0 Å². The van der Waals surface area contributed by atoms with E-state index in [-0.39, 0.29) is 41.7 Å². The van der Waals surface area contributed by atoms with E-state index in [4.69, 9.17) is 0 Å². The number of benzene rings is 3. The van der Waals surface area contributed by atoms with Gasteiger partial charge in [0.2, 0.25) is 0 Å². The monoisotopic (exact) mass is 488 g/mol. The van der Waals surface area contributed by atoms with Crippen molar-refractivity contribution in [3.63, 3.8) is 0 Å². The summed E-state index contributed by atoms with van der Waals surface area (Å²) in [6, 6.07) is 18.7. The highest BCUT2D eigenvalue weighted by molar-refractivity contribution is 5.95. The zero-order valence-corrected chi connectivity index (χ0v) is 19.6. The third-order valence-corrected chi connectivity index (χ3v) is 6.18. The molecular weight excluding hydrogens is 461 g/mol. The second kappa shape index (κ2) is 12.0. The molecule has 0 saturated carbocycles. The first-order chi connectivity index (χ1) is 16.0. The van der Waals surface area contributed by atoms with E-state index in [1.54, 1.807) is 24.3 Å². The summed E-state index contributed by atoms with van der Waals surface area (Å²) >= 11 is 0. The first-order valence-corrected chi connectivity index (χ1v) is 11.3. The van der Waals surface area contributed by atoms with Crippen molar-refractivity contribution < 1.29 is 18.0 Å². The van der Waals surface area contributed by atoms with Crippen molar-refractivity contribution in [1.29, 1.82) is 0 Å². The number of hydrogen-bond donors (Lipinski definition) is 0. The van der Waals surface area contributed by atoms with Crippen LogP contribution in [0.5, 0.6) is 0 Å². The second-order valence-corrected chi connectivity index (χ2v) is 8.43. The molecule has 1 saturated heterocycles. The summed E-state index contributed by atoms with van der Waals surface area (Å²) < 4.78 is 40.0. The number of halogens is 4. The molecule has 0 spiro atoms. The molecule has 1 fully saturated rings. The number of carbonyl (C=O) groups is 1. The number of Topliss-reactive ketones (excluding diaryl/α,β-unsaturated/α-hetero) is 1. The van der Waals surface area contributed by atoms with Gasteiger partial charge < -0.3 is 9.80 Å². The van der Waals surface area contributed by atoms with Gasteiger partial charge in [0.25, 0.3) is 0 Å². The highest BCUT2D eigenvalue weighted by atomic mass is 35.5. The summed E-state index contributed by atoms with van der Waals surface area (Å²) in [4.78, 5) is 16.8. The van der Waals surface area contributed by atoms with Gasteiger partial charge in [-0.15, -0.1) is 12.4 Å². The summed E-state index contributed by atoms with van der Waals surface area (Å²) in [5.41, 5.74) is 2.31. The molecule has 180 valence electrons. The maximum Gasteiger partial charge on any atom is 0.162 e. The summed E-state index contributed by atoms with van der Waals surface area (Å²) in [5, 5.41) is 0. The van der Waals surface area contributed by atoms with E-state index < -0.39 is 0 Å². The minimum atomic E-state index is -0.343. The molecule has 0 amide bonds. The fraction of sp³-hybridized carbons (Fsp3) is 0.296. The van der Waals surface area contributed by atoms with Crippen LogP contribution in [0.1, 0.15) is 36.0 Å². The predicted octanol–water partition coefficient (Wildman–Crippen LogP) is 6.79. The Balaban J connectivity index is 0.00000324. The topological polar surface area (TPSA) is 23.6 Å². The number of nitrogens with zero attached hydrogens (tertiary/aromatic N) is 2. The molecule has 0 atom stereocenters. The lowest BCUT2D eigenvalue weighted by atomic mass is 10.00. The number of piperidine rings is 1.